The number of nitrogens with zero attached hydrogens (tertiary/aromatic N) is 1. The zero-order chi connectivity index (χ0) is 27.2. The first kappa shape index (κ1) is 29.1. The second-order valence-corrected chi connectivity index (χ2v) is 15.2. The van der Waals surface area contributed by atoms with E-state index in [-0.39, 0.29) is 28.5 Å². The van der Waals surface area contributed by atoms with E-state index in [1.165, 1.54) is 51.4 Å². The van der Waals surface area contributed by atoms with E-state index in [1.807, 2.05) is 14.1 Å². The Morgan fingerprint density at radius 2 is 1.78 bits per heavy atom. The summed E-state index contributed by atoms with van der Waals surface area (Å²) in [7, 11) is 3.76. The van der Waals surface area contributed by atoms with Crippen molar-refractivity contribution in [3.63, 3.8) is 0 Å². The summed E-state index contributed by atoms with van der Waals surface area (Å²) in [6.07, 6.45) is 16.1. The summed E-state index contributed by atoms with van der Waals surface area (Å²) in [5.41, 5.74) is 2.38. The summed E-state index contributed by atoms with van der Waals surface area (Å²) in [5.74, 6) is 4.93. The molecule has 4 rings (SSSR count). The molecule has 0 aromatic heterocycles. The minimum Gasteiger partial charge on any atom is -0.458 e. The predicted molar refractivity (Wildman–Crippen MR) is 152 cm³/mol. The Morgan fingerprint density at radius 1 is 1.05 bits per heavy atom. The lowest BCUT2D eigenvalue weighted by Crippen LogP contribution is -2.52. The number of aliphatic hydroxyl groups excluding tert-OH is 1. The van der Waals surface area contributed by atoms with Crippen LogP contribution in [0.3, 0.4) is 0 Å². The number of esters is 1. The maximum Gasteiger partial charge on any atom is 0.362 e. The number of carbonyl (C=O) groups is 1. The van der Waals surface area contributed by atoms with Crippen molar-refractivity contribution < 1.29 is 19.1 Å². The van der Waals surface area contributed by atoms with Crippen LogP contribution in [0.25, 0.3) is 0 Å². The monoisotopic (exact) mass is 516 g/mol. The van der Waals surface area contributed by atoms with Gasteiger partial charge in [-0.2, -0.15) is 0 Å². The van der Waals surface area contributed by atoms with Crippen molar-refractivity contribution in [1.29, 1.82) is 0 Å². The highest BCUT2D eigenvalue weighted by molar-refractivity contribution is 5.70. The van der Waals surface area contributed by atoms with Gasteiger partial charge >= 0.3 is 5.97 Å². The fraction of sp³-hybridized carbons (Fsp3) is 0.909. The van der Waals surface area contributed by atoms with Crippen molar-refractivity contribution in [3.05, 3.63) is 11.6 Å². The fourth-order valence-corrected chi connectivity index (χ4v) is 9.44. The number of quaternary nitrogens is 1. The van der Waals surface area contributed by atoms with Crippen LogP contribution in [0.2, 0.25) is 0 Å². The highest BCUT2D eigenvalue weighted by Crippen LogP contribution is 2.67. The second kappa shape index (κ2) is 11.0. The summed E-state index contributed by atoms with van der Waals surface area (Å²) in [6, 6.07) is 0. The molecule has 1 N–H and O–H groups in total. The minimum atomic E-state index is -0.588. The molecule has 0 aromatic rings. The van der Waals surface area contributed by atoms with Gasteiger partial charge in [0.25, 0.3) is 0 Å². The second-order valence-electron chi connectivity index (χ2n) is 15.2. The smallest absolute Gasteiger partial charge is 0.362 e. The summed E-state index contributed by atoms with van der Waals surface area (Å²) < 4.78 is 6.22. The number of aliphatic hydroxyl groups is 1. The third-order valence-electron chi connectivity index (χ3n) is 12.1. The van der Waals surface area contributed by atoms with Gasteiger partial charge in [-0.1, -0.05) is 65.5 Å². The molecule has 0 amide bonds. The number of fused-ring (bicyclic) bond motifs is 5. The molecule has 1 unspecified atom stereocenters. The lowest BCUT2D eigenvalue weighted by Gasteiger charge is -2.58. The molecule has 3 saturated carbocycles. The van der Waals surface area contributed by atoms with E-state index < -0.39 is 6.23 Å². The Bertz CT molecular complexity index is 847. The standard InChI is InChI=1S/C33H58NO3/c1-22(2)10-9-11-23(3)28-14-15-29-27-13-12-25-20-26(37-31(36)21-34(7,8)24(4)35)16-18-32(25,5)30(27)17-19-33(28,29)6/h12,22-24,26-30,35H,9-11,13-21H2,1-8H3/q+1/t23-,24?,26+,27+,28-,29+,30+,32+,33-/m1/s1. The Hall–Kier alpha value is -0.870. The van der Waals surface area contributed by atoms with Gasteiger partial charge in [0, 0.05) is 13.3 Å². The average Bonchev–Trinajstić information content (AvgIpc) is 3.16. The van der Waals surface area contributed by atoms with Gasteiger partial charge < -0.3 is 9.84 Å². The van der Waals surface area contributed by atoms with Crippen LogP contribution in [0.5, 0.6) is 0 Å². The van der Waals surface area contributed by atoms with Crippen LogP contribution in [0.4, 0.5) is 0 Å². The molecule has 4 aliphatic rings. The van der Waals surface area contributed by atoms with Crippen LogP contribution in [0, 0.1) is 46.3 Å². The van der Waals surface area contributed by atoms with Gasteiger partial charge in [-0.3, -0.25) is 4.48 Å². The first-order chi connectivity index (χ1) is 17.3. The number of carbonyl (C=O) groups excluding carboxylic acids is 1. The summed E-state index contributed by atoms with van der Waals surface area (Å²) in [4.78, 5) is 12.7. The van der Waals surface area contributed by atoms with Gasteiger partial charge in [-0.15, -0.1) is 0 Å². The molecule has 212 valence electrons. The summed E-state index contributed by atoms with van der Waals surface area (Å²) >= 11 is 0. The molecule has 0 bridgehead atoms. The topological polar surface area (TPSA) is 46.5 Å². The van der Waals surface area contributed by atoms with Crippen LogP contribution in [0.15, 0.2) is 11.6 Å². The highest BCUT2D eigenvalue weighted by atomic mass is 16.5. The lowest BCUT2D eigenvalue weighted by molar-refractivity contribution is -0.927. The van der Waals surface area contributed by atoms with Gasteiger partial charge in [0.2, 0.25) is 0 Å². The molecule has 37 heavy (non-hydrogen) atoms. The quantitative estimate of drug-likeness (QED) is 0.151. The van der Waals surface area contributed by atoms with E-state index >= 15 is 0 Å². The number of likely N-dealkylation sites (N-methyl/N-ethyl adjacent to an activating group) is 1. The number of hydrogen-bond acceptors (Lipinski definition) is 3. The summed E-state index contributed by atoms with van der Waals surface area (Å²) in [5, 5.41) is 9.98. The molecule has 9 atom stereocenters. The molecule has 0 aliphatic heterocycles. The van der Waals surface area contributed by atoms with Gasteiger partial charge in [-0.25, -0.2) is 4.79 Å². The molecular formula is C33H58NO3+. The van der Waals surface area contributed by atoms with E-state index in [9.17, 15) is 9.90 Å². The van der Waals surface area contributed by atoms with Crippen molar-refractivity contribution in [2.45, 2.75) is 125 Å². The number of rotatable bonds is 9. The van der Waals surface area contributed by atoms with E-state index in [0.29, 0.717) is 5.41 Å². The van der Waals surface area contributed by atoms with Gasteiger partial charge in [0.1, 0.15) is 6.10 Å². The zero-order valence-electron chi connectivity index (χ0n) is 25.4. The molecular weight excluding hydrogens is 458 g/mol. The molecule has 4 aliphatic carbocycles. The number of ether oxygens (including phenoxy) is 1. The van der Waals surface area contributed by atoms with Crippen LogP contribution < -0.4 is 0 Å². The molecule has 3 fully saturated rings. The van der Waals surface area contributed by atoms with Gasteiger partial charge in [0.05, 0.1) is 14.1 Å². The SMILES string of the molecule is CC(C)CCC[C@@H](C)[C@H]1CC[C@H]2[C@@H]3CC=C4C[C@@H](OC(=O)C[N+](C)(C)C(C)O)CC[C@]4(C)[C@H]3CC[C@]12C. The van der Waals surface area contributed by atoms with Crippen molar-refractivity contribution >= 4 is 5.97 Å². The highest BCUT2D eigenvalue weighted by Gasteiger charge is 2.59. The summed E-state index contributed by atoms with van der Waals surface area (Å²) in [6.45, 7) is 14.5. The Kier molecular flexibility index (Phi) is 8.62. The van der Waals surface area contributed by atoms with E-state index in [4.69, 9.17) is 4.74 Å². The van der Waals surface area contributed by atoms with Crippen LogP contribution in [-0.4, -0.2) is 48.5 Å². The molecule has 0 aromatic carbocycles. The van der Waals surface area contributed by atoms with Gasteiger partial charge in [0.15, 0.2) is 12.8 Å². The third kappa shape index (κ3) is 5.72. The fourth-order valence-electron chi connectivity index (χ4n) is 9.44. The van der Waals surface area contributed by atoms with Crippen LogP contribution in [0.1, 0.15) is 112 Å². The minimum absolute atomic E-state index is 0.00576. The normalized spacial score (nSPS) is 39.3. The maximum absolute atomic E-state index is 12.7. The van der Waals surface area contributed by atoms with E-state index in [1.54, 1.807) is 12.5 Å². The first-order valence-electron chi connectivity index (χ1n) is 15.7. The van der Waals surface area contributed by atoms with Crippen LogP contribution in [-0.2, 0) is 9.53 Å². The lowest BCUT2D eigenvalue weighted by atomic mass is 9.47. The number of allylic oxidation sites excluding steroid dienone is 1. The predicted octanol–water partition coefficient (Wildman–Crippen LogP) is 7.35. The van der Waals surface area contributed by atoms with Crippen molar-refractivity contribution in [1.82, 2.24) is 0 Å². The van der Waals surface area contributed by atoms with E-state index in [2.05, 4.69) is 40.7 Å². The Morgan fingerprint density at radius 3 is 2.46 bits per heavy atom. The van der Waals surface area contributed by atoms with E-state index in [0.717, 1.165) is 54.8 Å². The average molecular weight is 517 g/mol. The Labute approximate surface area is 228 Å². The third-order valence-corrected chi connectivity index (χ3v) is 12.1. The van der Waals surface area contributed by atoms with Crippen molar-refractivity contribution in [3.8, 4) is 0 Å². The Balaban J connectivity index is 1.40. The zero-order valence-corrected chi connectivity index (χ0v) is 25.4. The van der Waals surface area contributed by atoms with Crippen LogP contribution >= 0.6 is 0 Å². The van der Waals surface area contributed by atoms with Gasteiger partial charge in [-0.05, 0) is 91.3 Å². The molecule has 0 spiro atoms. The number of hydrogen-bond donors (Lipinski definition) is 1. The molecule has 4 nitrogen and oxygen atoms in total. The molecule has 0 saturated heterocycles. The first-order valence-corrected chi connectivity index (χ1v) is 15.7. The largest absolute Gasteiger partial charge is 0.458 e. The molecule has 0 heterocycles. The van der Waals surface area contributed by atoms with Crippen molar-refractivity contribution in [2.75, 3.05) is 20.6 Å². The molecule has 4 heteroatoms. The molecule has 0 radical (unpaired) electrons. The van der Waals surface area contributed by atoms with Crippen molar-refractivity contribution in [2.24, 2.45) is 46.3 Å². The maximum atomic E-state index is 12.7.